The fourth-order valence-corrected chi connectivity index (χ4v) is 3.10. The summed E-state index contributed by atoms with van der Waals surface area (Å²) in [7, 11) is 0. The molecule has 3 fully saturated rings. The first-order valence-corrected chi connectivity index (χ1v) is 7.07. The predicted molar refractivity (Wildman–Crippen MR) is 68.4 cm³/mol. The average Bonchev–Trinajstić information content (AvgIpc) is 2.75. The zero-order valence-corrected chi connectivity index (χ0v) is 11.2. The van der Waals surface area contributed by atoms with Gasteiger partial charge in [0, 0.05) is 51.9 Å². The van der Waals surface area contributed by atoms with Gasteiger partial charge in [0.25, 0.3) is 5.91 Å². The molecule has 3 aliphatic rings. The molecule has 0 bridgehead atoms. The lowest BCUT2D eigenvalue weighted by Gasteiger charge is -2.44. The fourth-order valence-electron chi connectivity index (χ4n) is 3.10. The van der Waals surface area contributed by atoms with E-state index in [1.54, 1.807) is 0 Å². The maximum absolute atomic E-state index is 12.5. The van der Waals surface area contributed by atoms with Crippen LogP contribution in [0.1, 0.15) is 19.8 Å². The van der Waals surface area contributed by atoms with E-state index < -0.39 is 5.60 Å². The average molecular weight is 253 g/mol. The van der Waals surface area contributed by atoms with Gasteiger partial charge < -0.3 is 15.0 Å². The van der Waals surface area contributed by atoms with Gasteiger partial charge in [-0.2, -0.15) is 0 Å². The molecule has 3 rings (SSSR count). The molecule has 0 aromatic carbocycles. The lowest BCUT2D eigenvalue weighted by atomic mass is 10.0. The van der Waals surface area contributed by atoms with Crippen molar-refractivity contribution >= 4 is 5.91 Å². The molecule has 3 heterocycles. The van der Waals surface area contributed by atoms with Crippen molar-refractivity contribution in [3.8, 4) is 0 Å². The smallest absolute Gasteiger partial charge is 0.254 e. The maximum Gasteiger partial charge on any atom is 0.254 e. The summed E-state index contributed by atoms with van der Waals surface area (Å²) in [6.45, 7) is 8.62. The van der Waals surface area contributed by atoms with Gasteiger partial charge in [0.2, 0.25) is 0 Å². The summed E-state index contributed by atoms with van der Waals surface area (Å²) in [5.41, 5.74) is -0.541. The first-order chi connectivity index (χ1) is 8.69. The largest absolute Gasteiger partial charge is 0.365 e. The Hall–Kier alpha value is -0.650. The van der Waals surface area contributed by atoms with Crippen LogP contribution in [0.15, 0.2) is 0 Å². The molecular weight excluding hydrogens is 230 g/mol. The molecule has 0 saturated carbocycles. The van der Waals surface area contributed by atoms with E-state index in [0.717, 1.165) is 58.7 Å². The number of carbonyl (C=O) groups is 1. The first kappa shape index (κ1) is 12.4. The molecule has 0 aromatic heterocycles. The second-order valence-electron chi connectivity index (χ2n) is 5.82. The second kappa shape index (κ2) is 4.79. The molecule has 5 nitrogen and oxygen atoms in total. The molecule has 0 aliphatic carbocycles. The highest BCUT2D eigenvalue weighted by Crippen LogP contribution is 2.27. The Morgan fingerprint density at radius 3 is 2.50 bits per heavy atom. The van der Waals surface area contributed by atoms with Crippen LogP contribution in [0.5, 0.6) is 0 Å². The molecular formula is C13H23N3O2. The van der Waals surface area contributed by atoms with Gasteiger partial charge in [-0.1, -0.05) is 0 Å². The normalized spacial score (nSPS) is 34.6. The van der Waals surface area contributed by atoms with Crippen molar-refractivity contribution in [1.29, 1.82) is 0 Å². The number of nitrogens with zero attached hydrogens (tertiary/aromatic N) is 2. The van der Waals surface area contributed by atoms with Gasteiger partial charge in [-0.3, -0.25) is 9.69 Å². The van der Waals surface area contributed by atoms with Gasteiger partial charge in [-0.15, -0.1) is 0 Å². The predicted octanol–water partition coefficient (Wildman–Crippen LogP) is -0.328. The van der Waals surface area contributed by atoms with Crippen molar-refractivity contribution in [2.75, 3.05) is 45.9 Å². The summed E-state index contributed by atoms with van der Waals surface area (Å²) in [4.78, 5) is 16.9. The minimum absolute atomic E-state index is 0.200. The third-order valence-corrected chi connectivity index (χ3v) is 4.55. The van der Waals surface area contributed by atoms with Crippen molar-refractivity contribution in [3.63, 3.8) is 0 Å². The van der Waals surface area contributed by atoms with Crippen LogP contribution in [0.3, 0.4) is 0 Å². The van der Waals surface area contributed by atoms with E-state index in [4.69, 9.17) is 4.74 Å². The zero-order valence-electron chi connectivity index (χ0n) is 11.2. The van der Waals surface area contributed by atoms with Crippen molar-refractivity contribution < 1.29 is 9.53 Å². The van der Waals surface area contributed by atoms with Crippen molar-refractivity contribution in [2.45, 2.75) is 31.4 Å². The van der Waals surface area contributed by atoms with Crippen LogP contribution < -0.4 is 5.32 Å². The molecule has 3 saturated heterocycles. The quantitative estimate of drug-likeness (QED) is 0.732. The Bertz CT molecular complexity index is 316. The van der Waals surface area contributed by atoms with Crippen LogP contribution >= 0.6 is 0 Å². The highest BCUT2D eigenvalue weighted by Gasteiger charge is 2.41. The minimum Gasteiger partial charge on any atom is -0.365 e. The number of piperazine rings is 1. The summed E-state index contributed by atoms with van der Waals surface area (Å²) < 4.78 is 5.65. The van der Waals surface area contributed by atoms with Gasteiger partial charge in [0.05, 0.1) is 0 Å². The fraction of sp³-hybridized carbons (Fsp3) is 0.923. The summed E-state index contributed by atoms with van der Waals surface area (Å²) in [6.07, 6.45) is 1.88. The summed E-state index contributed by atoms with van der Waals surface area (Å²) >= 11 is 0. The van der Waals surface area contributed by atoms with E-state index >= 15 is 0 Å². The Morgan fingerprint density at radius 1 is 1.28 bits per heavy atom. The minimum atomic E-state index is -0.541. The number of rotatable bonds is 2. The SMILES string of the molecule is CC1(C(=O)N2CCN(C3CNC3)CC2)CCCO1. The molecule has 1 amide bonds. The zero-order chi connectivity index (χ0) is 12.6. The number of carbonyl (C=O) groups excluding carboxylic acids is 1. The molecule has 1 atom stereocenters. The molecule has 102 valence electrons. The summed E-state index contributed by atoms with van der Waals surface area (Å²) in [6, 6.07) is 0.695. The van der Waals surface area contributed by atoms with Crippen LogP contribution in [0.4, 0.5) is 0 Å². The van der Waals surface area contributed by atoms with E-state index in [-0.39, 0.29) is 5.91 Å². The first-order valence-electron chi connectivity index (χ1n) is 7.07. The van der Waals surface area contributed by atoms with E-state index in [0.29, 0.717) is 6.04 Å². The number of ether oxygens (including phenoxy) is 1. The lowest BCUT2D eigenvalue weighted by Crippen LogP contribution is -2.63. The monoisotopic (exact) mass is 253 g/mol. The van der Waals surface area contributed by atoms with E-state index in [2.05, 4.69) is 10.2 Å². The molecule has 3 aliphatic heterocycles. The van der Waals surface area contributed by atoms with Crippen LogP contribution in [0.25, 0.3) is 0 Å². The molecule has 5 heteroatoms. The number of hydrogen-bond donors (Lipinski definition) is 1. The third-order valence-electron chi connectivity index (χ3n) is 4.55. The Kier molecular flexibility index (Phi) is 3.30. The molecule has 0 spiro atoms. The summed E-state index contributed by atoms with van der Waals surface area (Å²) in [5.74, 6) is 0.200. The van der Waals surface area contributed by atoms with Crippen molar-refractivity contribution in [1.82, 2.24) is 15.1 Å². The summed E-state index contributed by atoms with van der Waals surface area (Å²) in [5, 5.41) is 3.30. The number of nitrogens with one attached hydrogen (secondary N) is 1. The van der Waals surface area contributed by atoms with Crippen LogP contribution in [-0.2, 0) is 9.53 Å². The highest BCUT2D eigenvalue weighted by atomic mass is 16.5. The number of amides is 1. The van der Waals surface area contributed by atoms with Crippen molar-refractivity contribution in [2.24, 2.45) is 0 Å². The Morgan fingerprint density at radius 2 is 2.00 bits per heavy atom. The van der Waals surface area contributed by atoms with Gasteiger partial charge >= 0.3 is 0 Å². The van der Waals surface area contributed by atoms with Crippen LogP contribution in [0, 0.1) is 0 Å². The van der Waals surface area contributed by atoms with Gasteiger partial charge in [0.1, 0.15) is 5.60 Å². The topological polar surface area (TPSA) is 44.8 Å². The van der Waals surface area contributed by atoms with E-state index in [9.17, 15) is 4.79 Å². The van der Waals surface area contributed by atoms with E-state index in [1.807, 2.05) is 11.8 Å². The highest BCUT2D eigenvalue weighted by molar-refractivity contribution is 5.85. The Labute approximate surface area is 108 Å². The lowest BCUT2D eigenvalue weighted by molar-refractivity contribution is -0.153. The van der Waals surface area contributed by atoms with Crippen molar-refractivity contribution in [3.05, 3.63) is 0 Å². The van der Waals surface area contributed by atoms with E-state index in [1.165, 1.54) is 0 Å². The second-order valence-corrected chi connectivity index (χ2v) is 5.82. The molecule has 1 unspecified atom stereocenters. The maximum atomic E-state index is 12.5. The molecule has 0 radical (unpaired) electrons. The van der Waals surface area contributed by atoms with Crippen LogP contribution in [0.2, 0.25) is 0 Å². The molecule has 0 aromatic rings. The standard InChI is InChI=1S/C13H23N3O2/c1-13(3-2-8-18-13)12(17)16-6-4-15(5-7-16)11-9-14-10-11/h11,14H,2-10H2,1H3. The Balaban J connectivity index is 1.54. The van der Waals surface area contributed by atoms with Gasteiger partial charge in [-0.25, -0.2) is 0 Å². The molecule has 18 heavy (non-hydrogen) atoms. The van der Waals surface area contributed by atoms with Gasteiger partial charge in [0.15, 0.2) is 0 Å². The van der Waals surface area contributed by atoms with Crippen LogP contribution in [-0.4, -0.2) is 73.2 Å². The molecule has 1 N–H and O–H groups in total. The number of hydrogen-bond acceptors (Lipinski definition) is 4. The third kappa shape index (κ3) is 2.15. The van der Waals surface area contributed by atoms with Gasteiger partial charge in [-0.05, 0) is 19.8 Å².